The molecule has 2 saturated heterocycles. The summed E-state index contributed by atoms with van der Waals surface area (Å²) in [7, 11) is -3.98. The smallest absolute Gasteiger partial charge is 0.387 e. The molecule has 2 aliphatic heterocycles. The van der Waals surface area contributed by atoms with Gasteiger partial charge in [-0.2, -0.15) is 4.98 Å². The number of nitrogen functional groups attached to an aromatic ring is 1. The molecule has 2 fully saturated rings. The van der Waals surface area contributed by atoms with Crippen LogP contribution >= 0.6 is 19.4 Å². The fraction of sp³-hybridized carbons (Fsp3) is 0.400. The predicted molar refractivity (Wildman–Crippen MR) is 120 cm³/mol. The Morgan fingerprint density at radius 2 is 2.15 bits per heavy atom. The number of aromatic nitrogens is 3. The lowest BCUT2D eigenvalue weighted by Gasteiger charge is -2.29. The number of H-pyrrole nitrogens is 1. The Balaban J connectivity index is 1.29. The van der Waals surface area contributed by atoms with E-state index in [9.17, 15) is 19.6 Å². The Kier molecular flexibility index (Phi) is 6.25. The number of rotatable bonds is 5. The molecule has 182 valence electrons. The third-order valence-corrected chi connectivity index (χ3v) is 7.43. The Bertz CT molecular complexity index is 1320. The molecule has 1 unspecified atom stereocenters. The molecular weight excluding hydrogens is 491 g/mol. The van der Waals surface area contributed by atoms with Crippen LogP contribution in [0.4, 0.5) is 5.95 Å². The van der Waals surface area contributed by atoms with Gasteiger partial charge in [-0.05, 0) is 23.8 Å². The van der Waals surface area contributed by atoms with Crippen molar-refractivity contribution in [2.75, 3.05) is 18.9 Å². The molecule has 6 atom stereocenters. The molecule has 5 rings (SSSR count). The van der Waals surface area contributed by atoms with Crippen molar-refractivity contribution in [2.45, 2.75) is 37.1 Å². The Labute approximate surface area is 197 Å². The molecule has 0 radical (unpaired) electrons. The van der Waals surface area contributed by atoms with Gasteiger partial charge in [-0.1, -0.05) is 23.7 Å². The van der Waals surface area contributed by atoms with Gasteiger partial charge in [-0.15, -0.1) is 0 Å². The zero-order valence-electron chi connectivity index (χ0n) is 17.6. The van der Waals surface area contributed by atoms with Crippen LogP contribution < -0.4 is 11.3 Å². The Hall–Kier alpha value is -2.28. The summed E-state index contributed by atoms with van der Waals surface area (Å²) < 4.78 is 36.5. The lowest BCUT2D eigenvalue weighted by molar-refractivity contribution is -0.0576. The zero-order chi connectivity index (χ0) is 24.0. The summed E-state index contributed by atoms with van der Waals surface area (Å²) in [6.07, 6.45) is -3.55. The van der Waals surface area contributed by atoms with Gasteiger partial charge in [-0.25, -0.2) is 4.57 Å². The molecule has 12 nitrogen and oxygen atoms in total. The monoisotopic (exact) mass is 512 g/mol. The molecule has 5 N–H and O–H groups in total. The molecule has 2 aliphatic rings. The highest BCUT2D eigenvalue weighted by Crippen LogP contribution is 2.57. The van der Waals surface area contributed by atoms with Crippen LogP contribution in [0.5, 0.6) is 0 Å². The lowest BCUT2D eigenvalue weighted by Crippen LogP contribution is -2.34. The van der Waals surface area contributed by atoms with Crippen molar-refractivity contribution in [1.82, 2.24) is 14.5 Å². The summed E-state index contributed by atoms with van der Waals surface area (Å²) in [4.78, 5) is 18.5. The highest BCUT2D eigenvalue weighted by Gasteiger charge is 2.46. The largest absolute Gasteiger partial charge is 0.475 e. The first-order valence-electron chi connectivity index (χ1n) is 10.4. The molecule has 2 aromatic heterocycles. The summed E-state index contributed by atoms with van der Waals surface area (Å²) in [5.41, 5.74) is 6.08. The highest BCUT2D eigenvalue weighted by atomic mass is 35.5. The maximum Gasteiger partial charge on any atom is 0.475 e. The SMILES string of the molecule is Nc1nc2c(ccn2[C@@H]2O[C@H](COP3(=O)OCC[C@@H](c4cccc(Cl)c4)O3)[C@@H](O)[C@H]2O)c(=O)[nH]1. The molecule has 3 aromatic rings. The molecule has 0 spiro atoms. The van der Waals surface area contributed by atoms with E-state index in [1.54, 1.807) is 24.3 Å². The molecule has 0 bridgehead atoms. The molecule has 4 heterocycles. The van der Waals surface area contributed by atoms with Gasteiger partial charge in [0.25, 0.3) is 5.56 Å². The number of nitrogens with zero attached hydrogens (tertiary/aromatic N) is 2. The summed E-state index contributed by atoms with van der Waals surface area (Å²) in [6, 6.07) is 8.47. The van der Waals surface area contributed by atoms with Gasteiger partial charge >= 0.3 is 7.82 Å². The third kappa shape index (κ3) is 4.39. The number of anilines is 1. The summed E-state index contributed by atoms with van der Waals surface area (Å²) >= 11 is 6.03. The first-order valence-corrected chi connectivity index (χ1v) is 12.3. The summed E-state index contributed by atoms with van der Waals surface area (Å²) in [6.45, 7) is -0.256. The molecule has 0 amide bonds. The first-order chi connectivity index (χ1) is 16.2. The van der Waals surface area contributed by atoms with Gasteiger partial charge in [0.1, 0.15) is 18.3 Å². The number of nitrogens with one attached hydrogen (secondary N) is 1. The van der Waals surface area contributed by atoms with E-state index in [1.165, 1.54) is 16.8 Å². The number of ether oxygens (including phenoxy) is 1. The number of hydrogen-bond acceptors (Lipinski definition) is 10. The van der Waals surface area contributed by atoms with Crippen LogP contribution in [0.2, 0.25) is 5.02 Å². The number of aromatic amines is 1. The van der Waals surface area contributed by atoms with E-state index in [1.807, 2.05) is 0 Å². The zero-order valence-corrected chi connectivity index (χ0v) is 19.3. The van der Waals surface area contributed by atoms with E-state index in [2.05, 4.69) is 9.97 Å². The Morgan fingerprint density at radius 1 is 1.32 bits per heavy atom. The minimum atomic E-state index is -3.98. The van der Waals surface area contributed by atoms with E-state index >= 15 is 0 Å². The second kappa shape index (κ2) is 9.06. The summed E-state index contributed by atoms with van der Waals surface area (Å²) in [5.74, 6) is -0.107. The normalized spacial score (nSPS) is 31.8. The average Bonchev–Trinajstić information content (AvgIpc) is 3.34. The number of hydrogen-bond donors (Lipinski definition) is 4. The van der Waals surface area contributed by atoms with Gasteiger partial charge in [0.05, 0.1) is 24.7 Å². The fourth-order valence-electron chi connectivity index (χ4n) is 4.04. The lowest BCUT2D eigenvalue weighted by atomic mass is 10.1. The topological polar surface area (TPSA) is 171 Å². The second-order valence-corrected chi connectivity index (χ2v) is 10.0. The molecule has 34 heavy (non-hydrogen) atoms. The predicted octanol–water partition coefficient (Wildman–Crippen LogP) is 1.88. The first kappa shape index (κ1) is 23.5. The fourth-order valence-corrected chi connectivity index (χ4v) is 5.63. The van der Waals surface area contributed by atoms with Crippen molar-refractivity contribution in [3.8, 4) is 0 Å². The van der Waals surface area contributed by atoms with Crippen LogP contribution in [0.3, 0.4) is 0 Å². The molecular formula is C20H22ClN4O8P. The van der Waals surface area contributed by atoms with Crippen LogP contribution in [0.15, 0.2) is 41.3 Å². The van der Waals surface area contributed by atoms with Crippen molar-refractivity contribution < 1.29 is 33.1 Å². The second-order valence-electron chi connectivity index (χ2n) is 7.97. The van der Waals surface area contributed by atoms with E-state index in [0.717, 1.165) is 5.56 Å². The number of phosphoric acid groups is 1. The van der Waals surface area contributed by atoms with Crippen molar-refractivity contribution in [2.24, 2.45) is 0 Å². The number of aliphatic hydroxyl groups excluding tert-OH is 2. The number of benzene rings is 1. The quantitative estimate of drug-likeness (QED) is 0.370. The number of nitrogens with two attached hydrogens (primary N) is 1. The number of fused-ring (bicyclic) bond motifs is 1. The average molecular weight is 513 g/mol. The van der Waals surface area contributed by atoms with Crippen molar-refractivity contribution >= 4 is 36.4 Å². The highest BCUT2D eigenvalue weighted by molar-refractivity contribution is 7.48. The third-order valence-electron chi connectivity index (χ3n) is 5.71. The molecule has 1 aromatic carbocycles. The number of halogens is 1. The molecule has 0 aliphatic carbocycles. The number of aliphatic hydroxyl groups is 2. The Morgan fingerprint density at radius 3 is 2.94 bits per heavy atom. The van der Waals surface area contributed by atoms with Crippen LogP contribution in [-0.2, 0) is 22.9 Å². The van der Waals surface area contributed by atoms with Crippen LogP contribution in [0.25, 0.3) is 11.0 Å². The van der Waals surface area contributed by atoms with Gasteiger partial charge in [0, 0.05) is 17.6 Å². The van der Waals surface area contributed by atoms with Crippen LogP contribution in [-0.4, -0.2) is 56.3 Å². The van der Waals surface area contributed by atoms with E-state index in [4.69, 9.17) is 35.6 Å². The van der Waals surface area contributed by atoms with Gasteiger partial charge in [0.15, 0.2) is 11.9 Å². The molecule has 14 heteroatoms. The van der Waals surface area contributed by atoms with Crippen molar-refractivity contribution in [3.05, 3.63) is 57.5 Å². The maximum absolute atomic E-state index is 13.0. The number of phosphoric ester groups is 1. The standard InChI is InChI=1S/C20H22ClN4O8P/c21-11-3-1-2-10(8-11)13-5-7-30-34(29,33-13)31-9-14-15(26)16(27)19(32-14)25-6-4-12-17(25)23-20(22)24-18(12)28/h1-4,6,8,13-16,19,26-27H,5,7,9H2,(H3,22,23,24,28)/t13-,14+,15+,16+,19+,34?/m0/s1. The minimum Gasteiger partial charge on any atom is -0.387 e. The van der Waals surface area contributed by atoms with Crippen LogP contribution in [0, 0.1) is 0 Å². The summed E-state index contributed by atoms with van der Waals surface area (Å²) in [5, 5.41) is 21.8. The van der Waals surface area contributed by atoms with Gasteiger partial charge < -0.3 is 25.3 Å². The van der Waals surface area contributed by atoms with Crippen LogP contribution in [0.1, 0.15) is 24.3 Å². The van der Waals surface area contributed by atoms with Gasteiger partial charge in [0.2, 0.25) is 5.95 Å². The maximum atomic E-state index is 13.0. The minimum absolute atomic E-state index is 0.107. The van der Waals surface area contributed by atoms with E-state index in [0.29, 0.717) is 11.4 Å². The van der Waals surface area contributed by atoms with E-state index < -0.39 is 44.0 Å². The van der Waals surface area contributed by atoms with Crippen molar-refractivity contribution in [3.63, 3.8) is 0 Å². The molecule has 0 saturated carbocycles. The van der Waals surface area contributed by atoms with E-state index in [-0.39, 0.29) is 30.2 Å². The van der Waals surface area contributed by atoms with Gasteiger partial charge in [-0.3, -0.25) is 23.3 Å². The van der Waals surface area contributed by atoms with Crippen molar-refractivity contribution in [1.29, 1.82) is 0 Å².